The Labute approximate surface area is 106 Å². The molecular weight excluding hydrogens is 228 g/mol. The van der Waals surface area contributed by atoms with Gasteiger partial charge in [0.2, 0.25) is 0 Å². The Hall–Kier alpha value is -2.30. The van der Waals surface area contributed by atoms with Gasteiger partial charge in [0.25, 0.3) is 5.91 Å². The quantitative estimate of drug-likeness (QED) is 0.865. The predicted molar refractivity (Wildman–Crippen MR) is 71.4 cm³/mol. The van der Waals surface area contributed by atoms with Gasteiger partial charge in [0.05, 0.1) is 11.9 Å². The number of benzene rings is 1. The number of carbonyl (C=O) groups is 1. The van der Waals surface area contributed by atoms with Crippen LogP contribution in [0.4, 0.5) is 11.5 Å². The highest BCUT2D eigenvalue weighted by molar-refractivity contribution is 6.06. The van der Waals surface area contributed by atoms with Crippen LogP contribution in [-0.2, 0) is 13.5 Å². The van der Waals surface area contributed by atoms with Gasteiger partial charge in [0.15, 0.2) is 5.82 Å². The van der Waals surface area contributed by atoms with Gasteiger partial charge < -0.3 is 11.1 Å². The lowest BCUT2D eigenvalue weighted by molar-refractivity contribution is 0.102. The molecule has 5 heteroatoms. The molecule has 1 amide bonds. The van der Waals surface area contributed by atoms with Crippen molar-refractivity contribution in [1.82, 2.24) is 9.78 Å². The molecule has 18 heavy (non-hydrogen) atoms. The molecule has 0 atom stereocenters. The van der Waals surface area contributed by atoms with Crippen LogP contribution >= 0.6 is 0 Å². The van der Waals surface area contributed by atoms with Crippen molar-refractivity contribution in [3.05, 3.63) is 41.6 Å². The zero-order chi connectivity index (χ0) is 13.1. The summed E-state index contributed by atoms with van der Waals surface area (Å²) < 4.78 is 1.54. The van der Waals surface area contributed by atoms with Crippen molar-refractivity contribution in [3.63, 3.8) is 0 Å². The minimum absolute atomic E-state index is 0.164. The van der Waals surface area contributed by atoms with Gasteiger partial charge in [-0.25, -0.2) is 0 Å². The second kappa shape index (κ2) is 4.91. The fourth-order valence-corrected chi connectivity index (χ4v) is 1.83. The number of rotatable bonds is 3. The smallest absolute Gasteiger partial charge is 0.257 e. The average molecular weight is 244 g/mol. The molecule has 94 valence electrons. The molecule has 0 unspecified atom stereocenters. The molecule has 5 nitrogen and oxygen atoms in total. The van der Waals surface area contributed by atoms with E-state index in [1.807, 2.05) is 25.1 Å². The highest BCUT2D eigenvalue weighted by atomic mass is 16.1. The van der Waals surface area contributed by atoms with Crippen molar-refractivity contribution in [2.24, 2.45) is 7.05 Å². The van der Waals surface area contributed by atoms with Gasteiger partial charge in [-0.1, -0.05) is 25.1 Å². The lowest BCUT2D eigenvalue weighted by Crippen LogP contribution is -2.17. The van der Waals surface area contributed by atoms with Crippen molar-refractivity contribution in [2.45, 2.75) is 13.3 Å². The van der Waals surface area contributed by atoms with Crippen molar-refractivity contribution < 1.29 is 4.79 Å². The Morgan fingerprint density at radius 3 is 2.78 bits per heavy atom. The van der Waals surface area contributed by atoms with Crippen molar-refractivity contribution >= 4 is 17.4 Å². The molecular formula is C13H16N4O. The van der Waals surface area contributed by atoms with Crippen LogP contribution in [0.1, 0.15) is 22.8 Å². The SMILES string of the molecule is CCc1ccccc1C(=O)Nc1c(N)cnn1C. The van der Waals surface area contributed by atoms with Crippen LogP contribution in [0.3, 0.4) is 0 Å². The summed E-state index contributed by atoms with van der Waals surface area (Å²) in [5, 5.41) is 6.77. The fourth-order valence-electron chi connectivity index (χ4n) is 1.83. The van der Waals surface area contributed by atoms with E-state index in [0.29, 0.717) is 17.1 Å². The normalized spacial score (nSPS) is 10.3. The summed E-state index contributed by atoms with van der Waals surface area (Å²) >= 11 is 0. The lowest BCUT2D eigenvalue weighted by Gasteiger charge is -2.09. The molecule has 0 aliphatic carbocycles. The average Bonchev–Trinajstić information content (AvgIpc) is 2.70. The molecule has 0 spiro atoms. The number of amides is 1. The third-order valence-electron chi connectivity index (χ3n) is 2.84. The van der Waals surface area contributed by atoms with E-state index in [4.69, 9.17) is 5.73 Å². The first-order chi connectivity index (χ1) is 8.63. The van der Waals surface area contributed by atoms with Gasteiger partial charge >= 0.3 is 0 Å². The van der Waals surface area contributed by atoms with E-state index < -0.39 is 0 Å². The van der Waals surface area contributed by atoms with Crippen molar-refractivity contribution in [2.75, 3.05) is 11.1 Å². The Balaban J connectivity index is 2.28. The number of nitrogens with zero attached hydrogens (tertiary/aromatic N) is 2. The standard InChI is InChI=1S/C13H16N4O/c1-3-9-6-4-5-7-10(9)13(18)16-12-11(14)8-15-17(12)2/h4-8H,3,14H2,1-2H3,(H,16,18). The van der Waals surface area contributed by atoms with Crippen LogP contribution in [0.15, 0.2) is 30.5 Å². The number of anilines is 2. The van der Waals surface area contributed by atoms with Gasteiger partial charge in [-0.2, -0.15) is 5.10 Å². The summed E-state index contributed by atoms with van der Waals surface area (Å²) in [6.45, 7) is 2.02. The molecule has 1 heterocycles. The van der Waals surface area contributed by atoms with Crippen molar-refractivity contribution in [1.29, 1.82) is 0 Å². The Morgan fingerprint density at radius 1 is 1.44 bits per heavy atom. The van der Waals surface area contributed by atoms with E-state index >= 15 is 0 Å². The van der Waals surface area contributed by atoms with Gasteiger partial charge in [-0.05, 0) is 18.1 Å². The van der Waals surface area contributed by atoms with E-state index in [2.05, 4.69) is 10.4 Å². The van der Waals surface area contributed by atoms with Crippen LogP contribution in [0.5, 0.6) is 0 Å². The molecule has 3 N–H and O–H groups in total. The summed E-state index contributed by atoms with van der Waals surface area (Å²) in [6, 6.07) is 7.52. The molecule has 2 rings (SSSR count). The summed E-state index contributed by atoms with van der Waals surface area (Å²) in [5.74, 6) is 0.355. The summed E-state index contributed by atoms with van der Waals surface area (Å²) in [4.78, 5) is 12.2. The van der Waals surface area contributed by atoms with Crippen LogP contribution in [0, 0.1) is 0 Å². The maximum absolute atomic E-state index is 12.2. The third-order valence-corrected chi connectivity index (χ3v) is 2.84. The minimum Gasteiger partial charge on any atom is -0.394 e. The highest BCUT2D eigenvalue weighted by Crippen LogP contribution is 2.18. The number of carbonyl (C=O) groups excluding carboxylic acids is 1. The summed E-state index contributed by atoms with van der Waals surface area (Å²) in [7, 11) is 1.73. The first-order valence-electron chi connectivity index (χ1n) is 5.80. The van der Waals surface area contributed by atoms with E-state index in [9.17, 15) is 4.79 Å². The number of aromatic nitrogens is 2. The van der Waals surface area contributed by atoms with Gasteiger partial charge in [0.1, 0.15) is 0 Å². The van der Waals surface area contributed by atoms with Gasteiger partial charge in [-0.3, -0.25) is 9.48 Å². The lowest BCUT2D eigenvalue weighted by atomic mass is 10.0. The van der Waals surface area contributed by atoms with Crippen molar-refractivity contribution in [3.8, 4) is 0 Å². The first kappa shape index (κ1) is 12.2. The minimum atomic E-state index is -0.164. The van der Waals surface area contributed by atoms with Gasteiger partial charge in [-0.15, -0.1) is 0 Å². The Bertz CT molecular complexity index is 555. The highest BCUT2D eigenvalue weighted by Gasteiger charge is 2.13. The molecule has 0 bridgehead atoms. The maximum Gasteiger partial charge on any atom is 0.257 e. The molecule has 0 aliphatic rings. The molecule has 0 saturated heterocycles. The van der Waals surface area contributed by atoms with Gasteiger partial charge in [0, 0.05) is 12.6 Å². The molecule has 0 fully saturated rings. The summed E-state index contributed by atoms with van der Waals surface area (Å²) in [5.41, 5.74) is 7.88. The summed E-state index contributed by atoms with van der Waals surface area (Å²) in [6.07, 6.45) is 2.33. The second-order valence-corrected chi connectivity index (χ2v) is 4.04. The molecule has 2 aromatic rings. The number of nitrogen functional groups attached to an aromatic ring is 1. The predicted octanol–water partition coefficient (Wildman–Crippen LogP) is 1.82. The zero-order valence-corrected chi connectivity index (χ0v) is 10.5. The largest absolute Gasteiger partial charge is 0.394 e. The Morgan fingerprint density at radius 2 is 2.17 bits per heavy atom. The number of nitrogens with one attached hydrogen (secondary N) is 1. The fraction of sp³-hybridized carbons (Fsp3) is 0.231. The van der Waals surface area contributed by atoms with E-state index in [-0.39, 0.29) is 5.91 Å². The first-order valence-corrected chi connectivity index (χ1v) is 5.80. The molecule has 0 saturated carbocycles. The molecule has 0 radical (unpaired) electrons. The Kier molecular flexibility index (Phi) is 3.32. The molecule has 1 aromatic carbocycles. The zero-order valence-electron chi connectivity index (χ0n) is 10.5. The monoisotopic (exact) mass is 244 g/mol. The second-order valence-electron chi connectivity index (χ2n) is 4.04. The third kappa shape index (κ3) is 2.20. The van der Waals surface area contributed by atoms with E-state index in [1.165, 1.54) is 6.20 Å². The molecule has 1 aromatic heterocycles. The number of hydrogen-bond acceptors (Lipinski definition) is 3. The van der Waals surface area contributed by atoms with E-state index in [1.54, 1.807) is 17.8 Å². The van der Waals surface area contributed by atoms with E-state index in [0.717, 1.165) is 12.0 Å². The van der Waals surface area contributed by atoms with Crippen LogP contribution < -0.4 is 11.1 Å². The van der Waals surface area contributed by atoms with Crippen LogP contribution in [0.2, 0.25) is 0 Å². The number of nitrogens with two attached hydrogens (primary N) is 1. The maximum atomic E-state index is 12.2. The number of hydrogen-bond donors (Lipinski definition) is 2. The molecule has 0 aliphatic heterocycles. The van der Waals surface area contributed by atoms with Crippen LogP contribution in [-0.4, -0.2) is 15.7 Å². The van der Waals surface area contributed by atoms with Crippen LogP contribution in [0.25, 0.3) is 0 Å². The topological polar surface area (TPSA) is 72.9 Å². The number of aryl methyl sites for hydroxylation is 2.